The van der Waals surface area contributed by atoms with Crippen LogP contribution in [0.25, 0.3) is 0 Å². The van der Waals surface area contributed by atoms with Crippen LogP contribution in [0.15, 0.2) is 47.4 Å². The van der Waals surface area contributed by atoms with Gasteiger partial charge in [0.25, 0.3) is 10.0 Å². The van der Waals surface area contributed by atoms with Gasteiger partial charge in [-0.05, 0) is 42.0 Å². The van der Waals surface area contributed by atoms with Crippen molar-refractivity contribution in [2.75, 3.05) is 31.0 Å². The van der Waals surface area contributed by atoms with E-state index < -0.39 is 15.8 Å². The first kappa shape index (κ1) is 18.1. The summed E-state index contributed by atoms with van der Waals surface area (Å²) < 4.78 is 45.4. The maximum absolute atomic E-state index is 12.9. The van der Waals surface area contributed by atoms with Gasteiger partial charge in [0.2, 0.25) is 0 Å². The van der Waals surface area contributed by atoms with Gasteiger partial charge in [0.15, 0.2) is 0 Å². The van der Waals surface area contributed by atoms with Crippen molar-refractivity contribution in [3.05, 3.63) is 58.9 Å². The van der Waals surface area contributed by atoms with Crippen molar-refractivity contribution < 1.29 is 17.5 Å². The summed E-state index contributed by atoms with van der Waals surface area (Å²) in [4.78, 5) is 2.22. The fraction of sp³-hybridized carbons (Fsp3) is 0.294. The average molecular weight is 385 g/mol. The zero-order valence-electron chi connectivity index (χ0n) is 13.4. The lowest BCUT2D eigenvalue weighted by atomic mass is 10.2. The monoisotopic (exact) mass is 384 g/mol. The lowest BCUT2D eigenvalue weighted by molar-refractivity contribution is 0.0342. The highest BCUT2D eigenvalue weighted by Crippen LogP contribution is 2.24. The molecule has 0 spiro atoms. The Balaban J connectivity index is 1.72. The summed E-state index contributed by atoms with van der Waals surface area (Å²) in [5, 5.41) is 0.491. The predicted octanol–water partition coefficient (Wildman–Crippen LogP) is 3.11. The first-order valence-corrected chi connectivity index (χ1v) is 9.67. The minimum Gasteiger partial charge on any atom is -0.379 e. The number of nitrogens with zero attached hydrogens (tertiary/aromatic N) is 1. The Morgan fingerprint density at radius 1 is 1.12 bits per heavy atom. The number of ether oxygens (including phenoxy) is 1. The molecule has 1 saturated heterocycles. The van der Waals surface area contributed by atoms with E-state index in [2.05, 4.69) is 9.62 Å². The van der Waals surface area contributed by atoms with Gasteiger partial charge in [0, 0.05) is 24.7 Å². The molecule has 2 aromatic carbocycles. The van der Waals surface area contributed by atoms with Gasteiger partial charge in [-0.2, -0.15) is 0 Å². The van der Waals surface area contributed by atoms with E-state index in [9.17, 15) is 12.8 Å². The molecule has 0 aliphatic carbocycles. The molecule has 1 aliphatic rings. The second-order valence-electron chi connectivity index (χ2n) is 5.75. The van der Waals surface area contributed by atoms with Gasteiger partial charge in [0.1, 0.15) is 5.82 Å². The zero-order valence-corrected chi connectivity index (χ0v) is 15.0. The summed E-state index contributed by atoms with van der Waals surface area (Å²) >= 11 is 6.30. The van der Waals surface area contributed by atoms with Crippen molar-refractivity contribution in [1.82, 2.24) is 4.90 Å². The van der Waals surface area contributed by atoms with E-state index in [0.717, 1.165) is 30.8 Å². The summed E-state index contributed by atoms with van der Waals surface area (Å²) in [6, 6.07) is 9.69. The molecule has 2 aromatic rings. The molecule has 0 bridgehead atoms. The molecule has 3 rings (SSSR count). The van der Waals surface area contributed by atoms with E-state index in [4.69, 9.17) is 16.3 Å². The van der Waals surface area contributed by atoms with Gasteiger partial charge in [-0.15, -0.1) is 0 Å². The summed E-state index contributed by atoms with van der Waals surface area (Å²) in [6.45, 7) is 3.78. The zero-order chi connectivity index (χ0) is 17.9. The second-order valence-corrected chi connectivity index (χ2v) is 7.84. The van der Waals surface area contributed by atoms with Gasteiger partial charge in [-0.1, -0.05) is 17.7 Å². The molecule has 0 saturated carbocycles. The van der Waals surface area contributed by atoms with E-state index in [1.54, 1.807) is 18.2 Å². The molecule has 0 radical (unpaired) electrons. The Bertz CT molecular complexity index is 837. The summed E-state index contributed by atoms with van der Waals surface area (Å²) in [5.74, 6) is -0.491. The van der Waals surface area contributed by atoms with Crippen LogP contribution >= 0.6 is 11.6 Å². The molecule has 1 aliphatic heterocycles. The van der Waals surface area contributed by atoms with Crippen LogP contribution in [0.5, 0.6) is 0 Å². The summed E-state index contributed by atoms with van der Waals surface area (Å²) in [6.07, 6.45) is 0. The molecule has 25 heavy (non-hydrogen) atoms. The topological polar surface area (TPSA) is 58.6 Å². The smallest absolute Gasteiger partial charge is 0.261 e. The third kappa shape index (κ3) is 4.70. The molecule has 8 heteroatoms. The van der Waals surface area contributed by atoms with E-state index >= 15 is 0 Å². The highest BCUT2D eigenvalue weighted by atomic mass is 35.5. The minimum absolute atomic E-state index is 0.0117. The average Bonchev–Trinajstić information content (AvgIpc) is 2.58. The van der Waals surface area contributed by atoms with E-state index in [1.807, 2.05) is 0 Å². The van der Waals surface area contributed by atoms with Crippen LogP contribution in [-0.4, -0.2) is 39.6 Å². The fourth-order valence-corrected chi connectivity index (χ4v) is 3.86. The van der Waals surface area contributed by atoms with Crippen molar-refractivity contribution >= 4 is 27.3 Å². The molecule has 0 amide bonds. The van der Waals surface area contributed by atoms with Crippen molar-refractivity contribution in [2.45, 2.75) is 11.4 Å². The van der Waals surface area contributed by atoms with Gasteiger partial charge in [-0.3, -0.25) is 9.62 Å². The first-order chi connectivity index (χ1) is 11.9. The molecular weight excluding hydrogens is 367 g/mol. The number of anilines is 1. The molecule has 0 atom stereocenters. The van der Waals surface area contributed by atoms with Crippen LogP contribution in [0.4, 0.5) is 10.1 Å². The number of hydrogen-bond acceptors (Lipinski definition) is 4. The number of benzene rings is 2. The predicted molar refractivity (Wildman–Crippen MR) is 94.8 cm³/mol. The van der Waals surface area contributed by atoms with E-state index in [-0.39, 0.29) is 4.90 Å². The molecule has 1 fully saturated rings. The highest BCUT2D eigenvalue weighted by molar-refractivity contribution is 7.92. The van der Waals surface area contributed by atoms with Gasteiger partial charge < -0.3 is 4.74 Å². The standard InChI is InChI=1S/C17H18ClFN2O3S/c18-17-11-15(4-1-13(17)12-21-7-9-24-10-8-21)20-25(22,23)16-5-2-14(19)3-6-16/h1-6,11,20H,7-10,12H2. The Kier molecular flexibility index (Phi) is 5.58. The van der Waals surface area contributed by atoms with Crippen molar-refractivity contribution in [3.63, 3.8) is 0 Å². The van der Waals surface area contributed by atoms with Crippen LogP contribution < -0.4 is 4.72 Å². The van der Waals surface area contributed by atoms with Crippen molar-refractivity contribution in [2.24, 2.45) is 0 Å². The second kappa shape index (κ2) is 7.70. The Labute approximate surface area is 151 Å². The number of sulfonamides is 1. The first-order valence-electron chi connectivity index (χ1n) is 7.81. The van der Waals surface area contributed by atoms with Crippen LogP contribution in [0.2, 0.25) is 5.02 Å². The lowest BCUT2D eigenvalue weighted by Crippen LogP contribution is -2.35. The molecule has 1 heterocycles. The largest absolute Gasteiger partial charge is 0.379 e. The molecule has 1 N–H and O–H groups in total. The highest BCUT2D eigenvalue weighted by Gasteiger charge is 2.16. The Hall–Kier alpha value is -1.67. The Morgan fingerprint density at radius 2 is 1.80 bits per heavy atom. The van der Waals surface area contributed by atoms with E-state index in [0.29, 0.717) is 30.5 Å². The molecule has 0 unspecified atom stereocenters. The molecule has 134 valence electrons. The summed E-state index contributed by atoms with van der Waals surface area (Å²) in [5.41, 5.74) is 1.29. The number of halogens is 2. The quantitative estimate of drug-likeness (QED) is 0.860. The third-order valence-electron chi connectivity index (χ3n) is 3.93. The van der Waals surface area contributed by atoms with Crippen LogP contribution in [0.3, 0.4) is 0 Å². The van der Waals surface area contributed by atoms with E-state index in [1.165, 1.54) is 12.1 Å². The lowest BCUT2D eigenvalue weighted by Gasteiger charge is -2.27. The van der Waals surface area contributed by atoms with Crippen molar-refractivity contribution in [3.8, 4) is 0 Å². The maximum atomic E-state index is 12.9. The van der Waals surface area contributed by atoms with Crippen molar-refractivity contribution in [1.29, 1.82) is 0 Å². The third-order valence-corrected chi connectivity index (χ3v) is 5.68. The van der Waals surface area contributed by atoms with Crippen LogP contribution in [0.1, 0.15) is 5.56 Å². The Morgan fingerprint density at radius 3 is 2.44 bits per heavy atom. The maximum Gasteiger partial charge on any atom is 0.261 e. The normalized spacial score (nSPS) is 15.9. The number of rotatable bonds is 5. The van der Waals surface area contributed by atoms with Gasteiger partial charge in [0.05, 0.1) is 23.8 Å². The SMILES string of the molecule is O=S(=O)(Nc1ccc(CN2CCOCC2)c(Cl)c1)c1ccc(F)cc1. The summed E-state index contributed by atoms with van der Waals surface area (Å²) in [7, 11) is -3.79. The number of nitrogens with one attached hydrogen (secondary N) is 1. The molecular formula is C17H18ClFN2O3S. The minimum atomic E-state index is -3.79. The number of morpholine rings is 1. The fourth-order valence-electron chi connectivity index (χ4n) is 2.57. The molecule has 5 nitrogen and oxygen atoms in total. The molecule has 0 aromatic heterocycles. The van der Waals surface area contributed by atoms with Gasteiger partial charge in [-0.25, -0.2) is 12.8 Å². The van der Waals surface area contributed by atoms with Gasteiger partial charge >= 0.3 is 0 Å². The van der Waals surface area contributed by atoms with Crippen LogP contribution in [0, 0.1) is 5.82 Å². The van der Waals surface area contributed by atoms with Crippen LogP contribution in [-0.2, 0) is 21.3 Å². The number of hydrogen-bond donors (Lipinski definition) is 1.